The van der Waals surface area contributed by atoms with Crippen LogP contribution in [0.2, 0.25) is 5.02 Å². The molecule has 1 heterocycles. The minimum Gasteiger partial charge on any atom is -0.495 e. The molecule has 1 amide bonds. The van der Waals surface area contributed by atoms with Crippen molar-refractivity contribution < 1.29 is 13.9 Å². The van der Waals surface area contributed by atoms with Crippen molar-refractivity contribution in [3.8, 4) is 5.75 Å². The number of carbonyl (C=O) groups is 1. The van der Waals surface area contributed by atoms with Crippen molar-refractivity contribution in [2.75, 3.05) is 25.2 Å². The van der Waals surface area contributed by atoms with Crippen molar-refractivity contribution >= 4 is 51.4 Å². The normalized spacial score (nSPS) is 10.6. The van der Waals surface area contributed by atoms with Gasteiger partial charge in [-0.1, -0.05) is 52.9 Å². The Hall–Kier alpha value is -2.36. The van der Waals surface area contributed by atoms with Crippen molar-refractivity contribution in [2.24, 2.45) is 0 Å². The number of nitrogens with one attached hydrogen (secondary N) is 1. The van der Waals surface area contributed by atoms with Crippen LogP contribution in [0.15, 0.2) is 46.8 Å². The first-order valence-corrected chi connectivity index (χ1v) is 10.7. The Labute approximate surface area is 181 Å². The molecule has 10 heteroatoms. The van der Waals surface area contributed by atoms with E-state index < -0.39 is 5.82 Å². The summed E-state index contributed by atoms with van der Waals surface area (Å²) in [6, 6.07) is 11.9. The molecule has 3 aromatic rings. The van der Waals surface area contributed by atoms with Crippen LogP contribution < -0.4 is 10.1 Å². The molecule has 0 aliphatic rings. The molecule has 29 heavy (non-hydrogen) atoms. The van der Waals surface area contributed by atoms with Crippen molar-refractivity contribution in [1.82, 2.24) is 15.1 Å². The van der Waals surface area contributed by atoms with Crippen LogP contribution in [0.4, 0.5) is 15.2 Å². The Kier molecular flexibility index (Phi) is 7.29. The lowest BCUT2D eigenvalue weighted by Gasteiger charge is -2.18. The van der Waals surface area contributed by atoms with Crippen molar-refractivity contribution in [1.29, 1.82) is 0 Å². The lowest BCUT2D eigenvalue weighted by molar-refractivity contribution is -0.127. The van der Waals surface area contributed by atoms with Crippen LogP contribution in [0.1, 0.15) is 5.56 Å². The molecule has 0 saturated heterocycles. The minimum absolute atomic E-state index is 0.0988. The molecule has 0 bridgehead atoms. The number of aromatic nitrogens is 2. The van der Waals surface area contributed by atoms with Gasteiger partial charge in [-0.3, -0.25) is 4.79 Å². The lowest BCUT2D eigenvalue weighted by Crippen LogP contribution is -2.28. The smallest absolute Gasteiger partial charge is 0.233 e. The fourth-order valence-corrected chi connectivity index (χ4v) is 4.35. The molecule has 0 fully saturated rings. The van der Waals surface area contributed by atoms with Gasteiger partial charge in [-0.15, -0.1) is 10.2 Å². The average molecular weight is 453 g/mol. The zero-order chi connectivity index (χ0) is 20.8. The number of amides is 1. The predicted molar refractivity (Wildman–Crippen MR) is 115 cm³/mol. The molecule has 0 saturated carbocycles. The number of thioether (sulfide) groups is 1. The molecule has 0 aliphatic heterocycles. The Bertz CT molecular complexity index is 982. The topological polar surface area (TPSA) is 67.3 Å². The van der Waals surface area contributed by atoms with E-state index in [1.807, 2.05) is 24.3 Å². The van der Waals surface area contributed by atoms with E-state index in [0.29, 0.717) is 25.8 Å². The van der Waals surface area contributed by atoms with E-state index in [-0.39, 0.29) is 18.2 Å². The summed E-state index contributed by atoms with van der Waals surface area (Å²) in [5, 5.41) is 12.2. The van der Waals surface area contributed by atoms with E-state index in [2.05, 4.69) is 15.5 Å². The van der Waals surface area contributed by atoms with Gasteiger partial charge in [0.25, 0.3) is 0 Å². The zero-order valence-electron chi connectivity index (χ0n) is 15.7. The van der Waals surface area contributed by atoms with Gasteiger partial charge in [0.1, 0.15) is 11.6 Å². The highest BCUT2D eigenvalue weighted by Gasteiger charge is 2.16. The summed E-state index contributed by atoms with van der Waals surface area (Å²) in [7, 11) is 3.21. The van der Waals surface area contributed by atoms with Crippen molar-refractivity contribution in [2.45, 2.75) is 10.9 Å². The first-order valence-electron chi connectivity index (χ1n) is 8.51. The summed E-state index contributed by atoms with van der Waals surface area (Å²) in [5.41, 5.74) is 1.08. The molecule has 0 radical (unpaired) electrons. The fourth-order valence-electron chi connectivity index (χ4n) is 2.42. The number of hydrogen-bond acceptors (Lipinski definition) is 7. The highest BCUT2D eigenvalue weighted by atomic mass is 35.5. The molecule has 0 unspecified atom stereocenters. The van der Waals surface area contributed by atoms with Gasteiger partial charge in [0, 0.05) is 24.2 Å². The van der Waals surface area contributed by atoms with E-state index in [0.717, 1.165) is 5.69 Å². The maximum Gasteiger partial charge on any atom is 0.233 e. The third-order valence-electron chi connectivity index (χ3n) is 3.96. The van der Waals surface area contributed by atoms with E-state index >= 15 is 0 Å². The van der Waals surface area contributed by atoms with Gasteiger partial charge in [-0.05, 0) is 24.3 Å². The number of carbonyl (C=O) groups excluding carboxylic acids is 1. The Morgan fingerprint density at radius 2 is 2.07 bits per heavy atom. The number of para-hydroxylation sites is 2. The summed E-state index contributed by atoms with van der Waals surface area (Å²) in [5.74, 6) is 0.261. The number of benzene rings is 2. The van der Waals surface area contributed by atoms with Crippen LogP contribution in [-0.2, 0) is 11.3 Å². The van der Waals surface area contributed by atoms with Crippen LogP contribution in [0.5, 0.6) is 5.75 Å². The second-order valence-electron chi connectivity index (χ2n) is 5.94. The minimum atomic E-state index is -0.430. The Morgan fingerprint density at radius 1 is 1.28 bits per heavy atom. The summed E-state index contributed by atoms with van der Waals surface area (Å²) >= 11 is 8.63. The van der Waals surface area contributed by atoms with Gasteiger partial charge in [0.15, 0.2) is 4.34 Å². The number of rotatable bonds is 8. The summed E-state index contributed by atoms with van der Waals surface area (Å²) < 4.78 is 19.8. The number of halogens is 2. The average Bonchev–Trinajstić information content (AvgIpc) is 3.16. The number of anilines is 2. The summed E-state index contributed by atoms with van der Waals surface area (Å²) in [4.78, 5) is 13.8. The quantitative estimate of drug-likeness (QED) is 0.493. The number of hydrogen-bond donors (Lipinski definition) is 1. The SMILES string of the molecule is COc1ccccc1Nc1nnc(SCC(=O)N(C)Cc2c(F)cccc2Cl)s1. The van der Waals surface area contributed by atoms with E-state index in [9.17, 15) is 9.18 Å². The maximum atomic E-state index is 13.9. The van der Waals surface area contributed by atoms with Crippen LogP contribution in [0, 0.1) is 5.82 Å². The number of nitrogens with zero attached hydrogens (tertiary/aromatic N) is 3. The van der Waals surface area contributed by atoms with Crippen LogP contribution in [0.25, 0.3) is 0 Å². The molecular weight excluding hydrogens is 435 g/mol. The lowest BCUT2D eigenvalue weighted by atomic mass is 10.2. The molecule has 1 aromatic heterocycles. The highest BCUT2D eigenvalue weighted by Crippen LogP contribution is 2.31. The number of ether oxygens (including phenoxy) is 1. The first-order chi connectivity index (χ1) is 14.0. The molecule has 0 aliphatic carbocycles. The van der Waals surface area contributed by atoms with Crippen molar-refractivity contribution in [3.63, 3.8) is 0 Å². The van der Waals surface area contributed by atoms with Gasteiger partial charge in [-0.2, -0.15) is 0 Å². The van der Waals surface area contributed by atoms with Gasteiger partial charge in [0.05, 0.1) is 18.6 Å². The van der Waals surface area contributed by atoms with Gasteiger partial charge in [-0.25, -0.2) is 4.39 Å². The maximum absolute atomic E-state index is 13.9. The molecule has 0 atom stereocenters. The van der Waals surface area contributed by atoms with Crippen molar-refractivity contribution in [3.05, 3.63) is 58.9 Å². The van der Waals surface area contributed by atoms with Gasteiger partial charge >= 0.3 is 0 Å². The fraction of sp³-hybridized carbons (Fsp3) is 0.211. The largest absolute Gasteiger partial charge is 0.495 e. The van der Waals surface area contributed by atoms with Gasteiger partial charge < -0.3 is 15.0 Å². The molecule has 1 N–H and O–H groups in total. The third-order valence-corrected chi connectivity index (χ3v) is 6.27. The van der Waals surface area contributed by atoms with E-state index in [4.69, 9.17) is 16.3 Å². The monoisotopic (exact) mass is 452 g/mol. The molecule has 2 aromatic carbocycles. The number of methoxy groups -OCH3 is 1. The first kappa shape index (κ1) is 21.4. The second-order valence-corrected chi connectivity index (χ2v) is 8.54. The zero-order valence-corrected chi connectivity index (χ0v) is 18.1. The predicted octanol–water partition coefficient (Wildman–Crippen LogP) is 4.83. The molecule has 152 valence electrons. The Morgan fingerprint density at radius 3 is 2.83 bits per heavy atom. The summed E-state index contributed by atoms with van der Waals surface area (Å²) in [6.45, 7) is 0.0988. The second kappa shape index (κ2) is 9.91. The molecule has 0 spiro atoms. The summed E-state index contributed by atoms with van der Waals surface area (Å²) in [6.07, 6.45) is 0. The molecule has 3 rings (SSSR count). The highest BCUT2D eigenvalue weighted by molar-refractivity contribution is 8.01. The van der Waals surface area contributed by atoms with Crippen LogP contribution in [-0.4, -0.2) is 40.9 Å². The standard InChI is InChI=1S/C19H18ClFN4O2S2/c1-25(10-12-13(20)6-5-7-14(12)21)17(26)11-28-19-24-23-18(29-19)22-15-8-3-4-9-16(15)27-2/h3-9H,10-11H2,1-2H3,(H,22,23). The van der Waals surface area contributed by atoms with Crippen LogP contribution in [0.3, 0.4) is 0 Å². The van der Waals surface area contributed by atoms with Gasteiger partial charge in [0.2, 0.25) is 11.0 Å². The van der Waals surface area contributed by atoms with Crippen LogP contribution >= 0.6 is 34.7 Å². The van der Waals surface area contributed by atoms with E-state index in [1.165, 1.54) is 40.1 Å². The third kappa shape index (κ3) is 5.59. The molecular formula is C19H18ClFN4O2S2. The molecule has 6 nitrogen and oxygen atoms in total. The Balaban J connectivity index is 1.55. The van der Waals surface area contributed by atoms with E-state index in [1.54, 1.807) is 20.2 Å².